The van der Waals surface area contributed by atoms with Gasteiger partial charge in [0.25, 0.3) is 0 Å². The molecule has 0 fully saturated rings. The van der Waals surface area contributed by atoms with E-state index in [9.17, 15) is 13.2 Å². The Hall–Kier alpha value is -2.25. The van der Waals surface area contributed by atoms with Crippen LogP contribution in [-0.2, 0) is 21.2 Å². The monoisotopic (exact) mass is 438 g/mol. The van der Waals surface area contributed by atoms with Gasteiger partial charge in [-0.3, -0.25) is 9.10 Å². The van der Waals surface area contributed by atoms with Gasteiger partial charge in [-0.1, -0.05) is 55.3 Å². The van der Waals surface area contributed by atoms with Crippen LogP contribution >= 0.6 is 11.6 Å². The second kappa shape index (κ2) is 10.5. The Bertz CT molecular complexity index is 920. The van der Waals surface area contributed by atoms with Crippen molar-refractivity contribution in [1.82, 2.24) is 5.32 Å². The van der Waals surface area contributed by atoms with E-state index in [0.29, 0.717) is 18.0 Å². The van der Waals surface area contributed by atoms with Gasteiger partial charge < -0.3 is 10.1 Å². The molecule has 0 heterocycles. The molecule has 0 spiro atoms. The lowest BCUT2D eigenvalue weighted by Crippen LogP contribution is -2.41. The first kappa shape index (κ1) is 23.0. The highest BCUT2D eigenvalue weighted by Gasteiger charge is 2.22. The van der Waals surface area contributed by atoms with Crippen molar-refractivity contribution in [3.63, 3.8) is 0 Å². The summed E-state index contributed by atoms with van der Waals surface area (Å²) in [5, 5.41) is 3.13. The molecule has 0 aliphatic rings. The normalized spacial score (nSPS) is 12.3. The summed E-state index contributed by atoms with van der Waals surface area (Å²) in [7, 11) is -2.19. The molecule has 2 aromatic rings. The zero-order chi connectivity index (χ0) is 21.4. The lowest BCUT2D eigenvalue weighted by Gasteiger charge is -2.23. The van der Waals surface area contributed by atoms with E-state index in [1.165, 1.54) is 18.7 Å². The van der Waals surface area contributed by atoms with E-state index >= 15 is 0 Å². The van der Waals surface area contributed by atoms with E-state index in [-0.39, 0.29) is 23.4 Å². The Kier molecular flexibility index (Phi) is 8.34. The van der Waals surface area contributed by atoms with Crippen LogP contribution in [0.25, 0.3) is 0 Å². The smallest absolute Gasteiger partial charge is 0.240 e. The highest BCUT2D eigenvalue weighted by molar-refractivity contribution is 7.92. The minimum Gasteiger partial charge on any atom is -0.495 e. The fraction of sp³-hybridized carbons (Fsp3) is 0.381. The third-order valence-corrected chi connectivity index (χ3v) is 6.08. The number of halogens is 1. The number of rotatable bonds is 10. The first-order valence-corrected chi connectivity index (χ1v) is 11.6. The number of carbonyl (C=O) groups is 1. The summed E-state index contributed by atoms with van der Waals surface area (Å²) in [6.45, 7) is 2.23. The Labute approximate surface area is 177 Å². The van der Waals surface area contributed by atoms with Crippen LogP contribution in [0.3, 0.4) is 0 Å². The molecule has 29 heavy (non-hydrogen) atoms. The summed E-state index contributed by atoms with van der Waals surface area (Å²) < 4.78 is 30.6. The molecule has 0 aliphatic carbocycles. The second-order valence-electron chi connectivity index (χ2n) is 6.86. The predicted octanol–water partition coefficient (Wildman–Crippen LogP) is 3.50. The van der Waals surface area contributed by atoms with Crippen molar-refractivity contribution in [2.24, 2.45) is 5.92 Å². The fourth-order valence-electron chi connectivity index (χ4n) is 2.96. The standard InChI is InChI=1S/C21H27ClN2O4S/c1-4-16(12-17-8-6-5-7-9-17)14-23-21(25)15-24(29(3,26)27)18-10-11-20(28-2)19(22)13-18/h5-11,13,16H,4,12,14-15H2,1-3H3,(H,23,25). The molecule has 0 aromatic heterocycles. The SMILES string of the molecule is CCC(CNC(=O)CN(c1ccc(OC)c(Cl)c1)S(C)(=O)=O)Cc1ccccc1. The van der Waals surface area contributed by atoms with E-state index in [0.717, 1.165) is 23.4 Å². The summed E-state index contributed by atoms with van der Waals surface area (Å²) in [6, 6.07) is 14.7. The lowest BCUT2D eigenvalue weighted by molar-refractivity contribution is -0.119. The first-order chi connectivity index (χ1) is 13.7. The van der Waals surface area contributed by atoms with Crippen LogP contribution in [0.15, 0.2) is 48.5 Å². The molecule has 2 rings (SSSR count). The van der Waals surface area contributed by atoms with Crippen molar-refractivity contribution in [3.05, 3.63) is 59.1 Å². The molecule has 0 radical (unpaired) electrons. The number of anilines is 1. The highest BCUT2D eigenvalue weighted by atomic mass is 35.5. The minimum atomic E-state index is -3.67. The molecule has 6 nitrogen and oxygen atoms in total. The molecule has 2 aromatic carbocycles. The molecule has 0 saturated carbocycles. The second-order valence-corrected chi connectivity index (χ2v) is 9.17. The van der Waals surface area contributed by atoms with Crippen molar-refractivity contribution in [2.75, 3.05) is 30.8 Å². The number of sulfonamides is 1. The Morgan fingerprint density at radius 1 is 1.21 bits per heavy atom. The minimum absolute atomic E-state index is 0.267. The van der Waals surface area contributed by atoms with Crippen molar-refractivity contribution >= 4 is 33.2 Å². The third-order valence-electron chi connectivity index (χ3n) is 4.64. The zero-order valence-corrected chi connectivity index (χ0v) is 18.5. The fourth-order valence-corrected chi connectivity index (χ4v) is 4.06. The largest absolute Gasteiger partial charge is 0.495 e. The molecule has 1 N–H and O–H groups in total. The van der Waals surface area contributed by atoms with Gasteiger partial charge in [-0.25, -0.2) is 8.42 Å². The van der Waals surface area contributed by atoms with Gasteiger partial charge in [0, 0.05) is 6.54 Å². The summed E-state index contributed by atoms with van der Waals surface area (Å²) in [4.78, 5) is 12.5. The number of carbonyl (C=O) groups excluding carboxylic acids is 1. The van der Waals surface area contributed by atoms with Crippen LogP contribution in [0, 0.1) is 5.92 Å². The maximum absolute atomic E-state index is 12.5. The van der Waals surface area contributed by atoms with E-state index < -0.39 is 10.0 Å². The first-order valence-electron chi connectivity index (χ1n) is 9.36. The molecule has 0 aliphatic heterocycles. The average Bonchev–Trinajstić information content (AvgIpc) is 2.69. The molecular formula is C21H27ClN2O4S. The molecule has 1 amide bonds. The van der Waals surface area contributed by atoms with Gasteiger partial charge in [0.2, 0.25) is 15.9 Å². The number of benzene rings is 2. The maximum atomic E-state index is 12.5. The van der Waals surface area contributed by atoms with Gasteiger partial charge in [0.1, 0.15) is 12.3 Å². The number of hydrogen-bond donors (Lipinski definition) is 1. The topological polar surface area (TPSA) is 75.7 Å². The van der Waals surface area contributed by atoms with E-state index in [2.05, 4.69) is 24.4 Å². The van der Waals surface area contributed by atoms with Crippen LogP contribution in [0.1, 0.15) is 18.9 Å². The van der Waals surface area contributed by atoms with Gasteiger partial charge in [-0.2, -0.15) is 0 Å². The maximum Gasteiger partial charge on any atom is 0.240 e. The van der Waals surface area contributed by atoms with Gasteiger partial charge >= 0.3 is 0 Å². The molecule has 0 saturated heterocycles. The number of methoxy groups -OCH3 is 1. The Balaban J connectivity index is 2.03. The van der Waals surface area contributed by atoms with Crippen LogP contribution in [0.4, 0.5) is 5.69 Å². The molecule has 1 unspecified atom stereocenters. The van der Waals surface area contributed by atoms with Gasteiger partial charge in [0.15, 0.2) is 0 Å². The summed E-state index contributed by atoms with van der Waals surface area (Å²) >= 11 is 6.11. The van der Waals surface area contributed by atoms with Crippen molar-refractivity contribution in [1.29, 1.82) is 0 Å². The van der Waals surface area contributed by atoms with E-state index in [1.54, 1.807) is 12.1 Å². The summed E-state index contributed by atoms with van der Waals surface area (Å²) in [5.74, 6) is 0.331. The molecular weight excluding hydrogens is 412 g/mol. The van der Waals surface area contributed by atoms with Crippen LogP contribution in [0.5, 0.6) is 5.75 Å². The van der Waals surface area contributed by atoms with E-state index in [1.807, 2.05) is 18.2 Å². The summed E-state index contributed by atoms with van der Waals surface area (Å²) in [6.07, 6.45) is 2.81. The molecule has 158 valence electrons. The van der Waals surface area contributed by atoms with Crippen molar-refractivity contribution in [2.45, 2.75) is 19.8 Å². The van der Waals surface area contributed by atoms with Gasteiger partial charge in [0.05, 0.1) is 24.1 Å². The number of hydrogen-bond acceptors (Lipinski definition) is 4. The average molecular weight is 439 g/mol. The summed E-state index contributed by atoms with van der Waals surface area (Å²) in [5.41, 5.74) is 1.52. The Morgan fingerprint density at radius 3 is 2.45 bits per heavy atom. The molecule has 0 bridgehead atoms. The lowest BCUT2D eigenvalue weighted by atomic mass is 9.97. The van der Waals surface area contributed by atoms with Gasteiger partial charge in [-0.15, -0.1) is 0 Å². The quantitative estimate of drug-likeness (QED) is 0.616. The van der Waals surface area contributed by atoms with Crippen LogP contribution in [0.2, 0.25) is 5.02 Å². The predicted molar refractivity (Wildman–Crippen MR) is 117 cm³/mol. The molecule has 1 atom stereocenters. The number of ether oxygens (including phenoxy) is 1. The number of nitrogens with zero attached hydrogens (tertiary/aromatic N) is 1. The highest BCUT2D eigenvalue weighted by Crippen LogP contribution is 2.30. The Morgan fingerprint density at radius 2 is 1.90 bits per heavy atom. The van der Waals surface area contributed by atoms with Crippen LogP contribution < -0.4 is 14.4 Å². The van der Waals surface area contributed by atoms with Crippen molar-refractivity contribution < 1.29 is 17.9 Å². The van der Waals surface area contributed by atoms with Crippen LogP contribution in [-0.4, -0.2) is 40.8 Å². The van der Waals surface area contributed by atoms with E-state index in [4.69, 9.17) is 16.3 Å². The van der Waals surface area contributed by atoms with Crippen molar-refractivity contribution in [3.8, 4) is 5.75 Å². The van der Waals surface area contributed by atoms with Gasteiger partial charge in [-0.05, 0) is 36.1 Å². The third kappa shape index (κ3) is 6.94. The number of amides is 1. The zero-order valence-electron chi connectivity index (χ0n) is 16.9. The molecule has 8 heteroatoms. The number of nitrogens with one attached hydrogen (secondary N) is 1.